The van der Waals surface area contributed by atoms with Crippen LogP contribution in [0, 0.1) is 5.41 Å². The third-order valence-electron chi connectivity index (χ3n) is 4.31. The summed E-state index contributed by atoms with van der Waals surface area (Å²) in [5, 5.41) is 12.2. The molecule has 3 N–H and O–H groups in total. The van der Waals surface area contributed by atoms with Gasteiger partial charge >= 0.3 is 0 Å². The molecular weight excluding hydrogens is 262 g/mol. The van der Waals surface area contributed by atoms with Crippen LogP contribution in [0.25, 0.3) is 0 Å². The average molecular weight is 285 g/mol. The van der Waals surface area contributed by atoms with Crippen molar-refractivity contribution in [3.63, 3.8) is 0 Å². The number of amides is 1. The molecule has 7 nitrogen and oxygen atoms in total. The van der Waals surface area contributed by atoms with E-state index in [2.05, 4.69) is 5.16 Å². The van der Waals surface area contributed by atoms with Gasteiger partial charge in [-0.15, -0.1) is 0 Å². The molecule has 2 heterocycles. The molecule has 2 fully saturated rings. The number of carbonyl (C=O) groups is 1. The fourth-order valence-corrected chi connectivity index (χ4v) is 2.93. The highest BCUT2D eigenvalue weighted by atomic mass is 16.5. The van der Waals surface area contributed by atoms with Gasteiger partial charge in [-0.2, -0.15) is 0 Å². The highest BCUT2D eigenvalue weighted by Gasteiger charge is 2.48. The van der Waals surface area contributed by atoms with Gasteiger partial charge in [-0.1, -0.05) is 12.1 Å². The van der Waals surface area contributed by atoms with Gasteiger partial charge in [0.15, 0.2) is 5.84 Å². The lowest BCUT2D eigenvalue weighted by Gasteiger charge is -2.43. The van der Waals surface area contributed by atoms with Gasteiger partial charge in [0.2, 0.25) is 5.91 Å². The third kappa shape index (κ3) is 2.60. The van der Waals surface area contributed by atoms with E-state index in [1.54, 1.807) is 0 Å². The molecule has 2 saturated heterocycles. The molecule has 2 aliphatic heterocycles. The van der Waals surface area contributed by atoms with Crippen LogP contribution < -0.4 is 5.73 Å². The number of rotatable bonds is 3. The number of morpholine rings is 1. The van der Waals surface area contributed by atoms with Gasteiger partial charge in [0.1, 0.15) is 5.41 Å². The van der Waals surface area contributed by atoms with Crippen LogP contribution in [0.3, 0.4) is 0 Å². The van der Waals surface area contributed by atoms with Gasteiger partial charge in [-0.25, -0.2) is 0 Å². The summed E-state index contributed by atoms with van der Waals surface area (Å²) >= 11 is 0. The minimum atomic E-state index is -0.933. The fourth-order valence-electron chi connectivity index (χ4n) is 2.93. The van der Waals surface area contributed by atoms with Crippen LogP contribution in [-0.4, -0.2) is 60.9 Å². The van der Waals surface area contributed by atoms with Crippen molar-refractivity contribution in [1.82, 2.24) is 4.90 Å². The molecule has 0 aromatic carbocycles. The normalized spacial score (nSPS) is 27.4. The number of ether oxygens (including phenoxy) is 2. The predicted octanol–water partition coefficient (Wildman–Crippen LogP) is 0.167. The van der Waals surface area contributed by atoms with Crippen molar-refractivity contribution in [1.29, 1.82) is 0 Å². The third-order valence-corrected chi connectivity index (χ3v) is 4.31. The zero-order valence-corrected chi connectivity index (χ0v) is 11.9. The first kappa shape index (κ1) is 15.1. The Morgan fingerprint density at radius 3 is 2.70 bits per heavy atom. The lowest BCUT2D eigenvalue weighted by atomic mass is 9.77. The minimum Gasteiger partial charge on any atom is -0.409 e. The molecule has 0 spiro atoms. The molecule has 114 valence electrons. The summed E-state index contributed by atoms with van der Waals surface area (Å²) < 4.78 is 10.8. The first-order chi connectivity index (χ1) is 9.65. The molecule has 0 radical (unpaired) electrons. The monoisotopic (exact) mass is 285 g/mol. The van der Waals surface area contributed by atoms with Crippen molar-refractivity contribution < 1.29 is 19.5 Å². The molecule has 2 aliphatic rings. The summed E-state index contributed by atoms with van der Waals surface area (Å²) in [6.07, 6.45) is 1.74. The van der Waals surface area contributed by atoms with Crippen molar-refractivity contribution >= 4 is 11.7 Å². The highest BCUT2D eigenvalue weighted by molar-refractivity contribution is 6.07. The van der Waals surface area contributed by atoms with E-state index >= 15 is 0 Å². The number of amidine groups is 1. The van der Waals surface area contributed by atoms with Crippen LogP contribution in [0.2, 0.25) is 0 Å². The Morgan fingerprint density at radius 1 is 1.40 bits per heavy atom. The van der Waals surface area contributed by atoms with Gasteiger partial charge < -0.3 is 25.3 Å². The fraction of sp³-hybridized carbons (Fsp3) is 0.846. The van der Waals surface area contributed by atoms with Gasteiger partial charge in [0.05, 0.1) is 19.3 Å². The second kappa shape index (κ2) is 6.41. The summed E-state index contributed by atoms with van der Waals surface area (Å²) in [7, 11) is 0. The maximum atomic E-state index is 13.0. The molecular formula is C13H23N3O4. The van der Waals surface area contributed by atoms with Crippen molar-refractivity contribution in [2.24, 2.45) is 16.3 Å². The molecule has 20 heavy (non-hydrogen) atoms. The lowest BCUT2D eigenvalue weighted by molar-refractivity contribution is -0.151. The summed E-state index contributed by atoms with van der Waals surface area (Å²) in [6, 6.07) is 0.0578. The molecule has 1 atom stereocenters. The summed E-state index contributed by atoms with van der Waals surface area (Å²) in [5.74, 6) is -0.0709. The van der Waals surface area contributed by atoms with E-state index in [4.69, 9.17) is 20.4 Å². The molecule has 0 aliphatic carbocycles. The Morgan fingerprint density at radius 2 is 2.10 bits per heavy atom. The molecule has 0 aromatic heterocycles. The summed E-state index contributed by atoms with van der Waals surface area (Å²) in [6.45, 7) is 4.56. The van der Waals surface area contributed by atoms with Crippen molar-refractivity contribution in [2.45, 2.75) is 32.2 Å². The number of carbonyl (C=O) groups excluding carboxylic acids is 1. The molecule has 7 heteroatoms. The van der Waals surface area contributed by atoms with E-state index in [1.165, 1.54) is 0 Å². The summed E-state index contributed by atoms with van der Waals surface area (Å²) in [5.41, 5.74) is 4.91. The van der Waals surface area contributed by atoms with E-state index in [-0.39, 0.29) is 17.8 Å². The van der Waals surface area contributed by atoms with Crippen LogP contribution in [0.15, 0.2) is 5.16 Å². The smallest absolute Gasteiger partial charge is 0.237 e. The number of nitrogens with two attached hydrogens (primary N) is 1. The Kier molecular flexibility index (Phi) is 4.82. The minimum absolute atomic E-state index is 0.00727. The Labute approximate surface area is 118 Å². The number of hydrogen-bond acceptors (Lipinski definition) is 5. The van der Waals surface area contributed by atoms with Crippen molar-refractivity contribution in [3.8, 4) is 0 Å². The molecule has 1 amide bonds. The van der Waals surface area contributed by atoms with Crippen LogP contribution in [0.1, 0.15) is 26.2 Å². The lowest BCUT2D eigenvalue weighted by Crippen LogP contribution is -2.59. The van der Waals surface area contributed by atoms with Gasteiger partial charge in [-0.05, 0) is 19.3 Å². The molecule has 2 rings (SSSR count). The second-order valence-corrected chi connectivity index (χ2v) is 5.32. The number of nitrogens with zero attached hydrogens (tertiary/aromatic N) is 2. The Balaban J connectivity index is 2.26. The van der Waals surface area contributed by atoms with Crippen LogP contribution in [0.4, 0.5) is 0 Å². The zero-order valence-electron chi connectivity index (χ0n) is 11.9. The maximum Gasteiger partial charge on any atom is 0.237 e. The highest BCUT2D eigenvalue weighted by Crippen LogP contribution is 2.34. The van der Waals surface area contributed by atoms with Crippen LogP contribution >= 0.6 is 0 Å². The van der Waals surface area contributed by atoms with E-state index in [9.17, 15) is 4.79 Å². The topological polar surface area (TPSA) is 97.4 Å². The largest absolute Gasteiger partial charge is 0.409 e. The van der Waals surface area contributed by atoms with E-state index < -0.39 is 5.41 Å². The van der Waals surface area contributed by atoms with Crippen LogP contribution in [-0.2, 0) is 14.3 Å². The average Bonchev–Trinajstić information content (AvgIpc) is 2.53. The first-order valence-electron chi connectivity index (χ1n) is 7.10. The Hall–Kier alpha value is -1.34. The standard InChI is InChI=1S/C13H23N3O4/c1-2-10-9-20-8-5-16(10)12(17)13(11(14)15-18)3-6-19-7-4-13/h10,18H,2-9H2,1H3,(H2,14,15). The number of hydrogen-bond donors (Lipinski definition) is 2. The molecule has 1 unspecified atom stereocenters. The quantitative estimate of drug-likeness (QED) is 0.333. The van der Waals surface area contributed by atoms with Gasteiger partial charge in [0, 0.05) is 19.8 Å². The van der Waals surface area contributed by atoms with E-state index in [1.807, 2.05) is 11.8 Å². The van der Waals surface area contributed by atoms with Crippen molar-refractivity contribution in [2.75, 3.05) is 33.0 Å². The van der Waals surface area contributed by atoms with Gasteiger partial charge in [-0.3, -0.25) is 4.79 Å². The molecule has 0 aromatic rings. The van der Waals surface area contributed by atoms with Crippen LogP contribution in [0.5, 0.6) is 0 Å². The second-order valence-electron chi connectivity index (χ2n) is 5.32. The van der Waals surface area contributed by atoms with Crippen molar-refractivity contribution in [3.05, 3.63) is 0 Å². The van der Waals surface area contributed by atoms with E-state index in [0.29, 0.717) is 45.8 Å². The zero-order chi connectivity index (χ0) is 14.6. The SMILES string of the molecule is CCC1COCCN1C(=O)C1(C(N)=NO)CCOCC1. The number of oxime groups is 1. The van der Waals surface area contributed by atoms with Gasteiger partial charge in [0.25, 0.3) is 0 Å². The van der Waals surface area contributed by atoms with E-state index in [0.717, 1.165) is 6.42 Å². The molecule has 0 saturated carbocycles. The Bertz CT molecular complexity index is 380. The predicted molar refractivity (Wildman–Crippen MR) is 72.5 cm³/mol. The first-order valence-corrected chi connectivity index (χ1v) is 7.10. The maximum absolute atomic E-state index is 13.0. The summed E-state index contributed by atoms with van der Waals surface area (Å²) in [4.78, 5) is 14.8. The molecule has 0 bridgehead atoms.